The molecule has 1 aromatic carbocycles. The Labute approximate surface area is 88.6 Å². The molecule has 0 heterocycles. The van der Waals surface area contributed by atoms with Crippen LogP contribution in [0.25, 0.3) is 0 Å². The van der Waals surface area contributed by atoms with Crippen LogP contribution in [0.3, 0.4) is 0 Å². The molecule has 0 aliphatic heterocycles. The lowest BCUT2D eigenvalue weighted by Gasteiger charge is -2.13. The van der Waals surface area contributed by atoms with Crippen molar-refractivity contribution in [1.82, 2.24) is 0 Å². The first-order valence-electron chi connectivity index (χ1n) is 4.02. The molecule has 14 heavy (non-hydrogen) atoms. The third-order valence-corrected chi connectivity index (χ3v) is 2.12. The summed E-state index contributed by atoms with van der Waals surface area (Å²) in [4.78, 5) is 0. The highest BCUT2D eigenvalue weighted by Gasteiger charge is 2.13. The normalized spacial score (nSPS) is 9.36. The summed E-state index contributed by atoms with van der Waals surface area (Å²) in [7, 11) is 4.71. The minimum absolute atomic E-state index is 0.564. The molecule has 0 radical (unpaired) electrons. The van der Waals surface area contributed by atoms with Crippen molar-refractivity contribution in [3.05, 3.63) is 17.7 Å². The first-order chi connectivity index (χ1) is 6.78. The topological polar surface area (TPSA) is 27.7 Å². The molecule has 1 rings (SSSR count). The van der Waals surface area contributed by atoms with Crippen molar-refractivity contribution in [2.24, 2.45) is 0 Å². The van der Waals surface area contributed by atoms with Gasteiger partial charge in [-0.15, -0.1) is 0 Å². The van der Waals surface area contributed by atoms with E-state index < -0.39 is 0 Å². The first-order valence-corrected chi connectivity index (χ1v) is 4.49. The summed E-state index contributed by atoms with van der Waals surface area (Å²) in [6, 6.07) is 3.62. The van der Waals surface area contributed by atoms with Crippen LogP contribution in [0.2, 0.25) is 0 Å². The molecule has 3 nitrogen and oxygen atoms in total. The summed E-state index contributed by atoms with van der Waals surface area (Å²) in [5.74, 6) is 1.79. The van der Waals surface area contributed by atoms with Crippen LogP contribution in [0.4, 0.5) is 0 Å². The zero-order valence-corrected chi connectivity index (χ0v) is 9.18. The van der Waals surface area contributed by atoms with Crippen molar-refractivity contribution in [1.29, 1.82) is 0 Å². The Hall–Kier alpha value is -1.29. The highest BCUT2D eigenvalue weighted by atomic mass is 32.1. The second-order valence-electron chi connectivity index (χ2n) is 2.54. The van der Waals surface area contributed by atoms with Crippen LogP contribution < -0.4 is 14.2 Å². The average Bonchev–Trinajstić information content (AvgIpc) is 2.26. The van der Waals surface area contributed by atoms with E-state index >= 15 is 0 Å². The lowest BCUT2D eigenvalue weighted by atomic mass is 10.2. The van der Waals surface area contributed by atoms with Crippen LogP contribution >= 0.6 is 12.2 Å². The van der Waals surface area contributed by atoms with Crippen molar-refractivity contribution >= 4 is 17.6 Å². The number of rotatable bonds is 4. The molecule has 1 aromatic rings. The summed E-state index contributed by atoms with van der Waals surface area (Å²) >= 11 is 4.86. The van der Waals surface area contributed by atoms with E-state index in [1.54, 1.807) is 32.8 Å². The van der Waals surface area contributed by atoms with Gasteiger partial charge in [0.25, 0.3) is 0 Å². The lowest BCUT2D eigenvalue weighted by Crippen LogP contribution is -1.97. The van der Waals surface area contributed by atoms with Gasteiger partial charge in [-0.2, -0.15) is 0 Å². The number of benzene rings is 1. The second-order valence-corrected chi connectivity index (χ2v) is 2.78. The molecule has 0 N–H and O–H groups in total. The molecule has 0 unspecified atom stereocenters. The Morgan fingerprint density at radius 1 is 1.00 bits per heavy atom. The molecule has 0 aliphatic rings. The fourth-order valence-corrected chi connectivity index (χ4v) is 1.40. The maximum absolute atomic E-state index is 5.20. The van der Waals surface area contributed by atoms with Crippen LogP contribution in [-0.2, 0) is 0 Å². The van der Waals surface area contributed by atoms with Gasteiger partial charge in [-0.3, -0.25) is 0 Å². The Kier molecular flexibility index (Phi) is 3.71. The smallest absolute Gasteiger partial charge is 0.203 e. The van der Waals surface area contributed by atoms with E-state index in [0.29, 0.717) is 17.2 Å². The van der Waals surface area contributed by atoms with Crippen LogP contribution in [0.1, 0.15) is 5.56 Å². The molecule has 4 heteroatoms. The monoisotopic (exact) mass is 212 g/mol. The summed E-state index contributed by atoms with van der Waals surface area (Å²) in [5.41, 5.74) is 0.806. The maximum atomic E-state index is 5.20. The largest absolute Gasteiger partial charge is 0.493 e. The van der Waals surface area contributed by atoms with Crippen LogP contribution in [0.5, 0.6) is 17.2 Å². The van der Waals surface area contributed by atoms with Gasteiger partial charge in [-0.25, -0.2) is 0 Å². The van der Waals surface area contributed by atoms with E-state index in [9.17, 15) is 0 Å². The van der Waals surface area contributed by atoms with Crippen molar-refractivity contribution in [2.45, 2.75) is 0 Å². The van der Waals surface area contributed by atoms with E-state index in [1.165, 1.54) is 0 Å². The Morgan fingerprint density at radius 3 is 2.07 bits per heavy atom. The molecule has 0 aliphatic carbocycles. The average molecular weight is 212 g/mol. The zero-order chi connectivity index (χ0) is 10.6. The third-order valence-electron chi connectivity index (χ3n) is 1.86. The number of thiocarbonyl (C=S) groups is 1. The van der Waals surface area contributed by atoms with Gasteiger partial charge in [-0.1, -0.05) is 12.2 Å². The molecule has 0 saturated heterocycles. The number of hydrogen-bond donors (Lipinski definition) is 0. The van der Waals surface area contributed by atoms with Gasteiger partial charge < -0.3 is 14.2 Å². The molecule has 0 bridgehead atoms. The SMILES string of the molecule is COc1ccc(C=S)c(OC)c1OC. The molecule has 0 atom stereocenters. The Bertz CT molecular complexity index is 336. The fraction of sp³-hybridized carbons (Fsp3) is 0.300. The zero-order valence-electron chi connectivity index (χ0n) is 8.37. The van der Waals surface area contributed by atoms with Crippen molar-refractivity contribution in [2.75, 3.05) is 21.3 Å². The summed E-state index contributed by atoms with van der Waals surface area (Å²) in [6.07, 6.45) is 0. The number of hydrogen-bond acceptors (Lipinski definition) is 4. The molecule has 76 valence electrons. The summed E-state index contributed by atoms with van der Waals surface area (Å²) in [5, 5.41) is 1.54. The van der Waals surface area contributed by atoms with Gasteiger partial charge in [0.15, 0.2) is 11.5 Å². The third kappa shape index (κ3) is 1.80. The van der Waals surface area contributed by atoms with Gasteiger partial charge in [0.2, 0.25) is 5.75 Å². The summed E-state index contributed by atoms with van der Waals surface area (Å²) < 4.78 is 15.5. The molecular formula is C10H12O3S. The quantitative estimate of drug-likeness (QED) is 0.714. The molecule has 0 saturated carbocycles. The number of methoxy groups -OCH3 is 3. The highest BCUT2D eigenvalue weighted by Crippen LogP contribution is 2.38. The predicted octanol–water partition coefficient (Wildman–Crippen LogP) is 2.06. The Balaban J connectivity index is 3.35. The van der Waals surface area contributed by atoms with E-state index in [4.69, 9.17) is 26.4 Å². The van der Waals surface area contributed by atoms with Crippen molar-refractivity contribution in [3.63, 3.8) is 0 Å². The van der Waals surface area contributed by atoms with Gasteiger partial charge in [-0.05, 0) is 12.1 Å². The molecule has 0 amide bonds. The van der Waals surface area contributed by atoms with Gasteiger partial charge in [0, 0.05) is 10.9 Å². The highest BCUT2D eigenvalue weighted by molar-refractivity contribution is 7.79. The predicted molar refractivity (Wildman–Crippen MR) is 58.9 cm³/mol. The summed E-state index contributed by atoms with van der Waals surface area (Å²) in [6.45, 7) is 0. The van der Waals surface area contributed by atoms with Crippen molar-refractivity contribution < 1.29 is 14.2 Å². The lowest BCUT2D eigenvalue weighted by molar-refractivity contribution is 0.324. The molecule has 0 aromatic heterocycles. The first kappa shape index (κ1) is 10.8. The molecule has 0 spiro atoms. The molecular weight excluding hydrogens is 200 g/mol. The van der Waals surface area contributed by atoms with Crippen LogP contribution in [-0.4, -0.2) is 26.7 Å². The minimum Gasteiger partial charge on any atom is -0.493 e. The van der Waals surface area contributed by atoms with Crippen LogP contribution in [0, 0.1) is 0 Å². The maximum Gasteiger partial charge on any atom is 0.203 e. The van der Waals surface area contributed by atoms with E-state index in [2.05, 4.69) is 0 Å². The van der Waals surface area contributed by atoms with Crippen LogP contribution in [0.15, 0.2) is 12.1 Å². The van der Waals surface area contributed by atoms with E-state index in [0.717, 1.165) is 5.56 Å². The second kappa shape index (κ2) is 4.81. The minimum atomic E-state index is 0.564. The number of ether oxygens (including phenoxy) is 3. The van der Waals surface area contributed by atoms with Gasteiger partial charge in [0.1, 0.15) is 0 Å². The Morgan fingerprint density at radius 2 is 1.64 bits per heavy atom. The van der Waals surface area contributed by atoms with E-state index in [-0.39, 0.29) is 0 Å². The van der Waals surface area contributed by atoms with Crippen molar-refractivity contribution in [3.8, 4) is 17.2 Å². The fourth-order valence-electron chi connectivity index (χ4n) is 1.22. The van der Waals surface area contributed by atoms with Gasteiger partial charge in [0.05, 0.1) is 21.3 Å². The van der Waals surface area contributed by atoms with E-state index in [1.807, 2.05) is 6.07 Å². The van der Waals surface area contributed by atoms with Gasteiger partial charge >= 0.3 is 0 Å². The standard InChI is InChI=1S/C10H12O3S/c1-11-8-5-4-7(6-14)9(12-2)10(8)13-3/h4-6H,1-3H3. The molecule has 0 fully saturated rings.